The van der Waals surface area contributed by atoms with E-state index < -0.39 is 11.7 Å². The molecule has 1 aromatic carbocycles. The molecule has 0 amide bonds. The molecule has 0 bridgehead atoms. The van der Waals surface area contributed by atoms with Crippen LogP contribution in [0.2, 0.25) is 0 Å². The average Bonchev–Trinajstić information content (AvgIpc) is 2.14. The van der Waals surface area contributed by atoms with Crippen LogP contribution >= 0.6 is 0 Å². The molecule has 0 spiro atoms. The topological polar surface area (TPSA) is 40.5 Å². The summed E-state index contributed by atoms with van der Waals surface area (Å²) in [6.07, 6.45) is -4.26. The predicted molar refractivity (Wildman–Crippen MR) is 48.5 cm³/mol. The van der Waals surface area contributed by atoms with Crippen molar-refractivity contribution in [2.45, 2.75) is 19.0 Å². The molecule has 0 aliphatic carbocycles. The number of hydrogen-bond donors (Lipinski definition) is 2. The normalized spacial score (nSPS) is 11.7. The van der Waals surface area contributed by atoms with E-state index >= 15 is 0 Å². The van der Waals surface area contributed by atoms with Crippen LogP contribution in [0.5, 0.6) is 5.75 Å². The summed E-state index contributed by atoms with van der Waals surface area (Å²) in [5.41, 5.74) is -0.991. The Kier molecular flexibility index (Phi) is 3.57. The maximum Gasteiger partial charge on any atom is 0.416 e. The second-order valence-electron chi connectivity index (χ2n) is 3.13. The van der Waals surface area contributed by atoms with Crippen molar-refractivity contribution in [1.29, 1.82) is 0 Å². The fourth-order valence-corrected chi connectivity index (χ4v) is 1.36. The number of halogens is 3. The second-order valence-corrected chi connectivity index (χ2v) is 3.13. The van der Waals surface area contributed by atoms with Crippen molar-refractivity contribution in [2.75, 3.05) is 6.61 Å². The van der Waals surface area contributed by atoms with Gasteiger partial charge in [0.15, 0.2) is 0 Å². The molecule has 0 atom stereocenters. The van der Waals surface area contributed by atoms with Gasteiger partial charge >= 0.3 is 6.18 Å². The predicted octanol–water partition coefficient (Wildman–Crippen LogP) is 2.34. The molecule has 15 heavy (non-hydrogen) atoms. The molecule has 0 aliphatic rings. The molecule has 84 valence electrons. The lowest BCUT2D eigenvalue weighted by molar-refractivity contribution is -0.138. The summed E-state index contributed by atoms with van der Waals surface area (Å²) in [5.74, 6) is -0.377. The molecule has 1 aromatic rings. The maximum absolute atomic E-state index is 12.5. The molecule has 0 aliphatic heterocycles. The minimum absolute atomic E-state index is 0.0119. The van der Waals surface area contributed by atoms with Gasteiger partial charge in [-0.05, 0) is 25.0 Å². The van der Waals surface area contributed by atoms with Crippen molar-refractivity contribution < 1.29 is 23.4 Å². The lowest BCUT2D eigenvalue weighted by Gasteiger charge is -2.13. The zero-order chi connectivity index (χ0) is 11.5. The van der Waals surface area contributed by atoms with Gasteiger partial charge in [0, 0.05) is 12.2 Å². The van der Waals surface area contributed by atoms with Gasteiger partial charge in [-0.15, -0.1) is 0 Å². The molecular formula is C10H11F3O2. The van der Waals surface area contributed by atoms with Crippen LogP contribution in [-0.2, 0) is 12.6 Å². The zero-order valence-electron chi connectivity index (χ0n) is 7.88. The number of phenols is 1. The molecule has 2 nitrogen and oxygen atoms in total. The second kappa shape index (κ2) is 4.53. The Bertz CT molecular complexity index is 334. The average molecular weight is 220 g/mol. The molecule has 0 unspecified atom stereocenters. The molecule has 2 N–H and O–H groups in total. The first-order valence-corrected chi connectivity index (χ1v) is 4.45. The molecule has 5 heteroatoms. The largest absolute Gasteiger partial charge is 0.508 e. The van der Waals surface area contributed by atoms with E-state index in [1.54, 1.807) is 0 Å². The molecule has 0 saturated heterocycles. The van der Waals surface area contributed by atoms with Gasteiger partial charge in [0.1, 0.15) is 5.75 Å². The van der Waals surface area contributed by atoms with Gasteiger partial charge in [0.2, 0.25) is 0 Å². The number of aliphatic hydroxyl groups is 1. The highest BCUT2D eigenvalue weighted by Crippen LogP contribution is 2.36. The molecule has 0 heterocycles. The highest BCUT2D eigenvalue weighted by Gasteiger charge is 2.33. The number of phenolic OH excluding ortho intramolecular Hbond substituents is 1. The van der Waals surface area contributed by atoms with E-state index in [-0.39, 0.29) is 30.8 Å². The number of aliphatic hydroxyl groups excluding tert-OH is 1. The lowest BCUT2D eigenvalue weighted by atomic mass is 10.0. The molecule has 0 fully saturated rings. The number of alkyl halides is 3. The quantitative estimate of drug-likeness (QED) is 0.820. The van der Waals surface area contributed by atoms with Crippen molar-refractivity contribution >= 4 is 0 Å². The van der Waals surface area contributed by atoms with Crippen LogP contribution < -0.4 is 0 Å². The Morgan fingerprint density at radius 2 is 1.87 bits per heavy atom. The summed E-state index contributed by atoms with van der Waals surface area (Å²) >= 11 is 0. The van der Waals surface area contributed by atoms with Crippen LogP contribution in [0.3, 0.4) is 0 Å². The van der Waals surface area contributed by atoms with Gasteiger partial charge in [0.25, 0.3) is 0 Å². The Balaban J connectivity index is 3.09. The van der Waals surface area contributed by atoms with Gasteiger partial charge < -0.3 is 10.2 Å². The zero-order valence-corrected chi connectivity index (χ0v) is 7.88. The summed E-state index contributed by atoms with van der Waals surface area (Å²) in [4.78, 5) is 0. The van der Waals surface area contributed by atoms with Crippen molar-refractivity contribution in [3.63, 3.8) is 0 Å². The minimum Gasteiger partial charge on any atom is -0.508 e. The van der Waals surface area contributed by atoms with E-state index in [1.807, 2.05) is 0 Å². The smallest absolute Gasteiger partial charge is 0.416 e. The first-order valence-electron chi connectivity index (χ1n) is 4.45. The van der Waals surface area contributed by atoms with Crippen LogP contribution in [0.4, 0.5) is 13.2 Å². The highest BCUT2D eigenvalue weighted by molar-refractivity contribution is 5.40. The summed E-state index contributed by atoms with van der Waals surface area (Å²) in [5, 5.41) is 17.8. The first-order chi connectivity index (χ1) is 6.96. The summed E-state index contributed by atoms with van der Waals surface area (Å²) < 4.78 is 37.4. The Morgan fingerprint density at radius 3 is 2.40 bits per heavy atom. The van der Waals surface area contributed by atoms with Crippen LogP contribution in [0.15, 0.2) is 18.2 Å². The molecule has 0 radical (unpaired) electrons. The van der Waals surface area contributed by atoms with Gasteiger partial charge in [-0.1, -0.05) is 6.07 Å². The number of aromatic hydroxyl groups is 1. The first kappa shape index (κ1) is 11.8. The number of hydrogen-bond acceptors (Lipinski definition) is 2. The van der Waals surface area contributed by atoms with E-state index in [0.29, 0.717) is 0 Å². The standard InChI is InChI=1S/C10H11F3O2/c11-10(12,13)8-4-1-5-9(15)7(8)3-2-6-14/h1,4-5,14-15H,2-3,6H2. The van der Waals surface area contributed by atoms with Crippen molar-refractivity contribution in [2.24, 2.45) is 0 Å². The summed E-state index contributed by atoms with van der Waals surface area (Å²) in [6.45, 7) is -0.203. The third-order valence-corrected chi connectivity index (χ3v) is 2.04. The van der Waals surface area contributed by atoms with Crippen LogP contribution in [-0.4, -0.2) is 16.8 Å². The summed E-state index contributed by atoms with van der Waals surface area (Å²) in [6, 6.07) is 3.29. The fraction of sp³-hybridized carbons (Fsp3) is 0.400. The summed E-state index contributed by atoms with van der Waals surface area (Å²) in [7, 11) is 0. The van der Waals surface area contributed by atoms with E-state index in [0.717, 1.165) is 12.1 Å². The minimum atomic E-state index is -4.47. The molecule has 1 rings (SSSR count). The van der Waals surface area contributed by atoms with E-state index in [9.17, 15) is 18.3 Å². The molecule has 0 aromatic heterocycles. The SMILES string of the molecule is OCCCc1c(O)cccc1C(F)(F)F. The third kappa shape index (κ3) is 2.86. The van der Waals surface area contributed by atoms with Crippen LogP contribution in [0.1, 0.15) is 17.5 Å². The van der Waals surface area contributed by atoms with Crippen molar-refractivity contribution in [3.05, 3.63) is 29.3 Å². The Labute approximate surface area is 85.0 Å². The highest BCUT2D eigenvalue weighted by atomic mass is 19.4. The van der Waals surface area contributed by atoms with Crippen LogP contribution in [0.25, 0.3) is 0 Å². The van der Waals surface area contributed by atoms with Gasteiger partial charge in [-0.25, -0.2) is 0 Å². The van der Waals surface area contributed by atoms with Crippen molar-refractivity contribution in [1.82, 2.24) is 0 Å². The number of rotatable bonds is 3. The van der Waals surface area contributed by atoms with Gasteiger partial charge in [-0.2, -0.15) is 13.2 Å². The van der Waals surface area contributed by atoms with E-state index in [2.05, 4.69) is 0 Å². The fourth-order valence-electron chi connectivity index (χ4n) is 1.36. The van der Waals surface area contributed by atoms with Gasteiger partial charge in [0.05, 0.1) is 5.56 Å². The third-order valence-electron chi connectivity index (χ3n) is 2.04. The monoisotopic (exact) mass is 220 g/mol. The van der Waals surface area contributed by atoms with Gasteiger partial charge in [-0.3, -0.25) is 0 Å². The van der Waals surface area contributed by atoms with Crippen molar-refractivity contribution in [3.8, 4) is 5.75 Å². The van der Waals surface area contributed by atoms with E-state index in [4.69, 9.17) is 5.11 Å². The lowest BCUT2D eigenvalue weighted by Crippen LogP contribution is -2.09. The molecule has 0 saturated carbocycles. The number of benzene rings is 1. The van der Waals surface area contributed by atoms with Crippen LogP contribution in [0, 0.1) is 0 Å². The molecular weight excluding hydrogens is 209 g/mol. The maximum atomic E-state index is 12.5. The van der Waals surface area contributed by atoms with E-state index in [1.165, 1.54) is 6.07 Å². The Morgan fingerprint density at radius 1 is 1.20 bits per heavy atom. The Hall–Kier alpha value is -1.23.